The molecule has 5 heteroatoms. The average Bonchev–Trinajstić information content (AvgIpc) is 2.53. The number of benzene rings is 1. The van der Waals surface area contributed by atoms with Gasteiger partial charge in [-0.1, -0.05) is 12.1 Å². The molecule has 2 N–H and O–H groups in total. The van der Waals surface area contributed by atoms with Gasteiger partial charge in [0.25, 0.3) is 0 Å². The number of amides is 1. The minimum Gasteiger partial charge on any atom is -0.497 e. The summed E-state index contributed by atoms with van der Waals surface area (Å²) in [5.41, 5.74) is 1.33. The smallest absolute Gasteiger partial charge is 0.225 e. The van der Waals surface area contributed by atoms with E-state index in [9.17, 15) is 4.79 Å². The van der Waals surface area contributed by atoms with Gasteiger partial charge in [-0.3, -0.25) is 9.69 Å². The summed E-state index contributed by atoms with van der Waals surface area (Å²) in [6.45, 7) is 5.73. The van der Waals surface area contributed by atoms with Gasteiger partial charge in [0.15, 0.2) is 0 Å². The highest BCUT2D eigenvalue weighted by atomic mass is 16.5. The first-order valence-corrected chi connectivity index (χ1v) is 8.58. The van der Waals surface area contributed by atoms with E-state index in [1.54, 1.807) is 7.11 Å². The maximum Gasteiger partial charge on any atom is 0.225 e. The van der Waals surface area contributed by atoms with E-state index in [0.717, 1.165) is 45.0 Å². The van der Waals surface area contributed by atoms with Crippen LogP contribution in [0.5, 0.6) is 5.75 Å². The van der Waals surface area contributed by atoms with E-state index in [2.05, 4.69) is 27.7 Å². The highest BCUT2D eigenvalue weighted by Crippen LogP contribution is 2.20. The molecular formula is C18H27N3O2. The van der Waals surface area contributed by atoms with Gasteiger partial charge in [-0.05, 0) is 49.5 Å². The van der Waals surface area contributed by atoms with Crippen molar-refractivity contribution in [3.05, 3.63) is 29.8 Å². The summed E-state index contributed by atoms with van der Waals surface area (Å²) in [6.07, 6.45) is 2.33. The van der Waals surface area contributed by atoms with Crippen LogP contribution in [0.2, 0.25) is 0 Å². The van der Waals surface area contributed by atoms with Crippen LogP contribution in [0, 0.1) is 11.8 Å². The lowest BCUT2D eigenvalue weighted by Gasteiger charge is -2.33. The quantitative estimate of drug-likeness (QED) is 0.829. The summed E-state index contributed by atoms with van der Waals surface area (Å²) in [5.74, 6) is 1.96. The molecule has 0 spiro atoms. The number of carbonyl (C=O) groups is 1. The second-order valence-corrected chi connectivity index (χ2v) is 6.67. The van der Waals surface area contributed by atoms with Crippen molar-refractivity contribution in [1.82, 2.24) is 15.5 Å². The molecule has 1 aromatic carbocycles. The van der Waals surface area contributed by atoms with Crippen LogP contribution in [-0.2, 0) is 11.3 Å². The maximum atomic E-state index is 11.9. The largest absolute Gasteiger partial charge is 0.497 e. The van der Waals surface area contributed by atoms with Gasteiger partial charge >= 0.3 is 0 Å². The van der Waals surface area contributed by atoms with Crippen molar-refractivity contribution in [1.29, 1.82) is 0 Å². The van der Waals surface area contributed by atoms with Crippen LogP contribution in [0.4, 0.5) is 0 Å². The summed E-state index contributed by atoms with van der Waals surface area (Å²) in [6, 6.07) is 8.31. The monoisotopic (exact) mass is 317 g/mol. The third-order valence-corrected chi connectivity index (χ3v) is 4.99. The molecular weight excluding hydrogens is 290 g/mol. The Labute approximate surface area is 138 Å². The van der Waals surface area contributed by atoms with Crippen LogP contribution in [0.3, 0.4) is 0 Å². The Morgan fingerprint density at radius 3 is 2.52 bits per heavy atom. The van der Waals surface area contributed by atoms with E-state index in [0.29, 0.717) is 5.92 Å². The number of nitrogens with zero attached hydrogens (tertiary/aromatic N) is 1. The molecule has 0 bridgehead atoms. The number of methoxy groups -OCH3 is 1. The average molecular weight is 317 g/mol. The number of ether oxygens (including phenoxy) is 1. The molecule has 2 aliphatic heterocycles. The van der Waals surface area contributed by atoms with Gasteiger partial charge in [0, 0.05) is 26.2 Å². The molecule has 2 saturated heterocycles. The zero-order valence-electron chi connectivity index (χ0n) is 13.9. The Balaban J connectivity index is 1.36. The van der Waals surface area contributed by atoms with Gasteiger partial charge in [-0.15, -0.1) is 0 Å². The molecule has 0 atom stereocenters. The van der Waals surface area contributed by atoms with Crippen molar-refractivity contribution in [3.8, 4) is 5.75 Å². The number of rotatable bonds is 6. The van der Waals surface area contributed by atoms with Crippen molar-refractivity contribution in [3.63, 3.8) is 0 Å². The van der Waals surface area contributed by atoms with Crippen LogP contribution in [-0.4, -0.2) is 50.6 Å². The summed E-state index contributed by atoms with van der Waals surface area (Å²) >= 11 is 0. The summed E-state index contributed by atoms with van der Waals surface area (Å²) in [4.78, 5) is 14.4. The molecule has 1 amide bonds. The van der Waals surface area contributed by atoms with Gasteiger partial charge in [0.1, 0.15) is 5.75 Å². The first-order chi connectivity index (χ1) is 11.2. The number of hydrogen-bond donors (Lipinski definition) is 2. The van der Waals surface area contributed by atoms with Crippen molar-refractivity contribution < 1.29 is 9.53 Å². The van der Waals surface area contributed by atoms with Crippen LogP contribution < -0.4 is 15.4 Å². The van der Waals surface area contributed by atoms with Gasteiger partial charge in [0.05, 0.1) is 13.0 Å². The Kier molecular flexibility index (Phi) is 5.51. The SMILES string of the molecule is COc1ccc(CN2CCC(CNC(=O)C3CNC3)CC2)cc1. The van der Waals surface area contributed by atoms with E-state index in [4.69, 9.17) is 4.74 Å². The Bertz CT molecular complexity index is 506. The fourth-order valence-electron chi connectivity index (χ4n) is 3.20. The van der Waals surface area contributed by atoms with Gasteiger partial charge in [-0.25, -0.2) is 0 Å². The summed E-state index contributed by atoms with van der Waals surface area (Å²) in [7, 11) is 1.69. The molecule has 5 nitrogen and oxygen atoms in total. The molecule has 23 heavy (non-hydrogen) atoms. The lowest BCUT2D eigenvalue weighted by molar-refractivity contribution is -0.126. The zero-order valence-corrected chi connectivity index (χ0v) is 13.9. The molecule has 2 fully saturated rings. The van der Waals surface area contributed by atoms with Crippen molar-refractivity contribution in [2.45, 2.75) is 19.4 Å². The Morgan fingerprint density at radius 1 is 1.26 bits per heavy atom. The summed E-state index contributed by atoms with van der Waals surface area (Å²) in [5, 5.41) is 6.26. The predicted octanol–water partition coefficient (Wildman–Crippen LogP) is 1.24. The van der Waals surface area contributed by atoms with Crippen LogP contribution in [0.15, 0.2) is 24.3 Å². The minimum absolute atomic E-state index is 0.199. The molecule has 2 aliphatic rings. The number of carbonyl (C=O) groups excluding carboxylic acids is 1. The normalized spacial score (nSPS) is 20.0. The molecule has 0 unspecified atom stereocenters. The standard InChI is InChI=1S/C18H27N3O2/c1-23-17-4-2-15(3-5-17)13-21-8-6-14(7-9-21)10-20-18(22)16-11-19-12-16/h2-5,14,16,19H,6-13H2,1H3,(H,20,22). The molecule has 0 aliphatic carbocycles. The fraction of sp³-hybridized carbons (Fsp3) is 0.611. The maximum absolute atomic E-state index is 11.9. The second kappa shape index (κ2) is 7.79. The Morgan fingerprint density at radius 2 is 1.96 bits per heavy atom. The molecule has 0 radical (unpaired) electrons. The van der Waals surface area contributed by atoms with Gasteiger partial charge < -0.3 is 15.4 Å². The third kappa shape index (κ3) is 4.45. The number of piperidine rings is 1. The van der Waals surface area contributed by atoms with Crippen molar-refractivity contribution in [2.24, 2.45) is 11.8 Å². The van der Waals surface area contributed by atoms with Crippen molar-refractivity contribution >= 4 is 5.91 Å². The highest BCUT2D eigenvalue weighted by molar-refractivity contribution is 5.79. The first-order valence-electron chi connectivity index (χ1n) is 8.58. The molecule has 0 aromatic heterocycles. The van der Waals surface area contributed by atoms with E-state index in [-0.39, 0.29) is 11.8 Å². The predicted molar refractivity (Wildman–Crippen MR) is 90.4 cm³/mol. The molecule has 126 valence electrons. The first kappa shape index (κ1) is 16.3. The lowest BCUT2D eigenvalue weighted by atomic mass is 9.95. The van der Waals surface area contributed by atoms with Crippen molar-refractivity contribution in [2.75, 3.05) is 39.8 Å². The highest BCUT2D eigenvalue weighted by Gasteiger charge is 2.26. The number of likely N-dealkylation sites (tertiary alicyclic amines) is 1. The van der Waals surface area contributed by atoms with E-state index in [1.807, 2.05) is 12.1 Å². The van der Waals surface area contributed by atoms with E-state index < -0.39 is 0 Å². The Hall–Kier alpha value is -1.59. The molecule has 3 rings (SSSR count). The number of hydrogen-bond acceptors (Lipinski definition) is 4. The summed E-state index contributed by atoms with van der Waals surface area (Å²) < 4.78 is 5.20. The minimum atomic E-state index is 0.199. The second-order valence-electron chi connectivity index (χ2n) is 6.67. The zero-order chi connectivity index (χ0) is 16.1. The van der Waals surface area contributed by atoms with Gasteiger partial charge in [0.2, 0.25) is 5.91 Å². The van der Waals surface area contributed by atoms with Crippen LogP contribution in [0.25, 0.3) is 0 Å². The fourth-order valence-corrected chi connectivity index (χ4v) is 3.20. The molecule has 1 aromatic rings. The molecule has 0 saturated carbocycles. The lowest BCUT2D eigenvalue weighted by Crippen LogP contribution is -2.51. The van der Waals surface area contributed by atoms with Crippen LogP contribution >= 0.6 is 0 Å². The molecule has 2 heterocycles. The van der Waals surface area contributed by atoms with E-state index in [1.165, 1.54) is 18.4 Å². The van der Waals surface area contributed by atoms with Crippen LogP contribution in [0.1, 0.15) is 18.4 Å². The third-order valence-electron chi connectivity index (χ3n) is 4.99. The number of nitrogens with one attached hydrogen (secondary N) is 2. The van der Waals surface area contributed by atoms with E-state index >= 15 is 0 Å². The van der Waals surface area contributed by atoms with Gasteiger partial charge in [-0.2, -0.15) is 0 Å². The topological polar surface area (TPSA) is 53.6 Å².